The van der Waals surface area contributed by atoms with Gasteiger partial charge >= 0.3 is 0 Å². The quantitative estimate of drug-likeness (QED) is 0.586. The summed E-state index contributed by atoms with van der Waals surface area (Å²) in [6.07, 6.45) is 8.06. The average Bonchev–Trinajstić information content (AvgIpc) is 3.37. The van der Waals surface area contributed by atoms with Gasteiger partial charge in [0.15, 0.2) is 5.65 Å². The van der Waals surface area contributed by atoms with Gasteiger partial charge in [-0.3, -0.25) is 9.78 Å². The van der Waals surface area contributed by atoms with E-state index in [1.807, 2.05) is 19.2 Å². The van der Waals surface area contributed by atoms with E-state index in [1.165, 1.54) is 6.20 Å². The second kappa shape index (κ2) is 6.79. The molecule has 1 fully saturated rings. The number of anilines is 1. The van der Waals surface area contributed by atoms with Gasteiger partial charge in [-0.25, -0.2) is 13.9 Å². The molecule has 1 saturated heterocycles. The van der Waals surface area contributed by atoms with Gasteiger partial charge in [-0.1, -0.05) is 0 Å². The van der Waals surface area contributed by atoms with Crippen LogP contribution in [0.2, 0.25) is 0 Å². The number of aromatic nitrogens is 4. The molecule has 0 saturated carbocycles. The third kappa shape index (κ3) is 2.94. The van der Waals surface area contributed by atoms with Crippen molar-refractivity contribution in [2.75, 3.05) is 18.5 Å². The maximum atomic E-state index is 14.1. The zero-order valence-corrected chi connectivity index (χ0v) is 16.5. The Kier molecular flexibility index (Phi) is 4.22. The highest BCUT2D eigenvalue weighted by atomic mass is 19.1. The van der Waals surface area contributed by atoms with Crippen molar-refractivity contribution in [3.05, 3.63) is 53.4 Å². The van der Waals surface area contributed by atoms with Crippen molar-refractivity contribution in [2.45, 2.75) is 44.7 Å². The van der Waals surface area contributed by atoms with Gasteiger partial charge in [0, 0.05) is 31.5 Å². The molecule has 0 aromatic carbocycles. The minimum absolute atomic E-state index is 0.000713. The Balaban J connectivity index is 1.70. The summed E-state index contributed by atoms with van der Waals surface area (Å²) in [5, 5.41) is 4.30. The molecule has 29 heavy (non-hydrogen) atoms. The molecule has 1 unspecified atom stereocenters. The van der Waals surface area contributed by atoms with Gasteiger partial charge in [0.05, 0.1) is 18.4 Å². The van der Waals surface area contributed by atoms with Gasteiger partial charge in [0.1, 0.15) is 17.2 Å². The molecule has 2 bridgehead atoms. The predicted octanol–water partition coefficient (Wildman–Crippen LogP) is 3.01. The molecular weight excluding hydrogens is 371 g/mol. The van der Waals surface area contributed by atoms with Crippen molar-refractivity contribution in [1.29, 1.82) is 0 Å². The molecule has 0 spiro atoms. The summed E-state index contributed by atoms with van der Waals surface area (Å²) in [6, 6.07) is 3.55. The van der Waals surface area contributed by atoms with E-state index in [4.69, 9.17) is 4.98 Å². The zero-order chi connectivity index (χ0) is 20.1. The lowest BCUT2D eigenvalue weighted by atomic mass is 9.98. The van der Waals surface area contributed by atoms with Crippen LogP contribution in [0.1, 0.15) is 53.8 Å². The van der Waals surface area contributed by atoms with Gasteiger partial charge in [0.25, 0.3) is 5.91 Å². The highest BCUT2D eigenvalue weighted by Gasteiger charge is 2.31. The second-order valence-electron chi connectivity index (χ2n) is 7.96. The first kappa shape index (κ1) is 18.0. The normalized spacial score (nSPS) is 22.2. The minimum atomic E-state index is -0.318. The summed E-state index contributed by atoms with van der Waals surface area (Å²) in [6.45, 7) is 2.85. The van der Waals surface area contributed by atoms with E-state index in [9.17, 15) is 9.18 Å². The van der Waals surface area contributed by atoms with Crippen LogP contribution in [0.25, 0.3) is 5.65 Å². The Hall–Kier alpha value is -3.03. The number of halogens is 1. The van der Waals surface area contributed by atoms with Crippen LogP contribution in [0.15, 0.2) is 30.7 Å². The van der Waals surface area contributed by atoms with E-state index in [0.29, 0.717) is 17.6 Å². The molecule has 0 aliphatic carbocycles. The van der Waals surface area contributed by atoms with Crippen molar-refractivity contribution < 1.29 is 9.18 Å². The van der Waals surface area contributed by atoms with Crippen LogP contribution in [0.3, 0.4) is 0 Å². The number of pyridine rings is 1. The number of fused-ring (bicyclic) bond motifs is 5. The molecule has 150 valence electrons. The summed E-state index contributed by atoms with van der Waals surface area (Å²) in [5.74, 6) is 0.364. The van der Waals surface area contributed by atoms with Gasteiger partial charge in [0.2, 0.25) is 0 Å². The molecule has 2 atom stereocenters. The van der Waals surface area contributed by atoms with E-state index in [2.05, 4.69) is 15.0 Å². The second-order valence-corrected chi connectivity index (χ2v) is 7.96. The highest BCUT2D eigenvalue weighted by molar-refractivity contribution is 5.99. The van der Waals surface area contributed by atoms with E-state index in [1.54, 1.807) is 28.7 Å². The van der Waals surface area contributed by atoms with Crippen molar-refractivity contribution >= 4 is 17.4 Å². The van der Waals surface area contributed by atoms with Gasteiger partial charge in [-0.2, -0.15) is 5.10 Å². The standard InChI is InChI=1S/C21H23FN6O/c1-13-5-6-17-15(10-14(22)11-23-17)18-4-3-8-27(18)19-7-9-28-20(25-19)16(12-24-28)21(29)26(13)2/h7,9-13,18H,3-6,8H2,1-2H3/t13?,18-/m1/s1. The number of rotatable bonds is 0. The minimum Gasteiger partial charge on any atom is -0.349 e. The first-order chi connectivity index (χ1) is 14.0. The van der Waals surface area contributed by atoms with E-state index in [0.717, 1.165) is 42.9 Å². The lowest BCUT2D eigenvalue weighted by Gasteiger charge is -2.28. The first-order valence-corrected chi connectivity index (χ1v) is 10.1. The lowest BCUT2D eigenvalue weighted by molar-refractivity contribution is 0.0739. The van der Waals surface area contributed by atoms with Crippen LogP contribution in [-0.4, -0.2) is 50.0 Å². The number of aryl methyl sites for hydroxylation is 1. The molecule has 2 aliphatic heterocycles. The molecule has 5 heterocycles. The molecule has 0 radical (unpaired) electrons. The van der Waals surface area contributed by atoms with Gasteiger partial charge in [-0.05, 0) is 50.3 Å². The Morgan fingerprint density at radius 2 is 2.10 bits per heavy atom. The molecular formula is C21H23FN6O. The van der Waals surface area contributed by atoms with Crippen molar-refractivity contribution in [3.8, 4) is 0 Å². The number of nitrogens with zero attached hydrogens (tertiary/aromatic N) is 6. The first-order valence-electron chi connectivity index (χ1n) is 10.1. The monoisotopic (exact) mass is 394 g/mol. The summed E-state index contributed by atoms with van der Waals surface area (Å²) in [7, 11) is 1.80. The Morgan fingerprint density at radius 3 is 2.97 bits per heavy atom. The molecule has 7 nitrogen and oxygen atoms in total. The summed E-state index contributed by atoms with van der Waals surface area (Å²) >= 11 is 0. The summed E-state index contributed by atoms with van der Waals surface area (Å²) in [5.41, 5.74) is 2.88. The van der Waals surface area contributed by atoms with Crippen LogP contribution in [0.5, 0.6) is 0 Å². The van der Waals surface area contributed by atoms with Crippen molar-refractivity contribution in [2.24, 2.45) is 0 Å². The van der Waals surface area contributed by atoms with Crippen LogP contribution < -0.4 is 4.90 Å². The Bertz CT molecular complexity index is 1100. The van der Waals surface area contributed by atoms with Gasteiger partial charge in [-0.15, -0.1) is 0 Å². The number of carbonyl (C=O) groups is 1. The topological polar surface area (TPSA) is 66.6 Å². The lowest BCUT2D eigenvalue weighted by Crippen LogP contribution is -2.35. The third-order valence-electron chi connectivity index (χ3n) is 6.24. The molecule has 8 heteroatoms. The Morgan fingerprint density at radius 1 is 1.24 bits per heavy atom. The van der Waals surface area contributed by atoms with Crippen LogP contribution >= 0.6 is 0 Å². The predicted molar refractivity (Wildman–Crippen MR) is 106 cm³/mol. The molecule has 3 aromatic rings. The number of carbonyl (C=O) groups excluding carboxylic acids is 1. The molecule has 1 amide bonds. The van der Waals surface area contributed by atoms with Crippen molar-refractivity contribution in [1.82, 2.24) is 24.5 Å². The maximum Gasteiger partial charge on any atom is 0.259 e. The van der Waals surface area contributed by atoms with Crippen LogP contribution in [0.4, 0.5) is 10.2 Å². The van der Waals surface area contributed by atoms with Crippen LogP contribution in [0, 0.1) is 5.82 Å². The smallest absolute Gasteiger partial charge is 0.259 e. The van der Waals surface area contributed by atoms with E-state index in [-0.39, 0.29) is 23.8 Å². The fourth-order valence-electron chi connectivity index (χ4n) is 4.44. The van der Waals surface area contributed by atoms with E-state index >= 15 is 0 Å². The number of hydrogen-bond donors (Lipinski definition) is 0. The Labute approximate surface area is 168 Å². The average molecular weight is 394 g/mol. The fourth-order valence-corrected chi connectivity index (χ4v) is 4.44. The maximum absolute atomic E-state index is 14.1. The van der Waals surface area contributed by atoms with Crippen LogP contribution in [-0.2, 0) is 6.42 Å². The largest absolute Gasteiger partial charge is 0.349 e. The molecule has 2 aliphatic rings. The van der Waals surface area contributed by atoms with Crippen molar-refractivity contribution in [3.63, 3.8) is 0 Å². The SMILES string of the molecule is CC1CCc2ncc(F)cc2[C@H]2CCCN2c2ccn3ncc(c3n2)C(=O)N1C. The third-order valence-corrected chi connectivity index (χ3v) is 6.24. The van der Waals surface area contributed by atoms with Gasteiger partial charge < -0.3 is 9.80 Å². The summed E-state index contributed by atoms with van der Waals surface area (Å²) < 4.78 is 15.8. The fraction of sp³-hybridized carbons (Fsp3) is 0.429. The summed E-state index contributed by atoms with van der Waals surface area (Å²) in [4.78, 5) is 26.3. The zero-order valence-electron chi connectivity index (χ0n) is 16.5. The van der Waals surface area contributed by atoms with E-state index < -0.39 is 0 Å². The number of hydrogen-bond acceptors (Lipinski definition) is 5. The molecule has 5 rings (SSSR count). The number of amides is 1. The highest BCUT2D eigenvalue weighted by Crippen LogP contribution is 2.37. The molecule has 3 aromatic heterocycles. The molecule has 0 N–H and O–H groups in total.